The molecule has 4 N–H and O–H groups in total. The lowest BCUT2D eigenvalue weighted by Crippen LogP contribution is -2.34. The molecule has 1 aromatic heterocycles. The summed E-state index contributed by atoms with van der Waals surface area (Å²) in [6.45, 7) is 6.69. The van der Waals surface area contributed by atoms with Gasteiger partial charge in [0.25, 0.3) is 11.8 Å². The summed E-state index contributed by atoms with van der Waals surface area (Å²) in [6, 6.07) is 2.88. The maximum Gasteiger partial charge on any atom is 0.257 e. The van der Waals surface area contributed by atoms with E-state index in [-0.39, 0.29) is 31.9 Å². The van der Waals surface area contributed by atoms with Crippen LogP contribution in [0.5, 0.6) is 5.75 Å². The first kappa shape index (κ1) is 24.8. The van der Waals surface area contributed by atoms with Gasteiger partial charge in [-0.2, -0.15) is 0 Å². The average molecular weight is 515 g/mol. The van der Waals surface area contributed by atoms with Crippen LogP contribution in [0.25, 0.3) is 0 Å². The molecule has 10 heteroatoms. The number of amides is 2. The number of thiocarbonyl (C=S) groups is 1. The highest BCUT2D eigenvalue weighted by Gasteiger charge is 2.33. The van der Waals surface area contributed by atoms with Gasteiger partial charge < -0.3 is 15.8 Å². The molecule has 0 radical (unpaired) electrons. The summed E-state index contributed by atoms with van der Waals surface area (Å²) in [7, 11) is 1.44. The highest BCUT2D eigenvalue weighted by atomic mass is 35.5. The van der Waals surface area contributed by atoms with Crippen LogP contribution in [-0.4, -0.2) is 24.0 Å². The van der Waals surface area contributed by atoms with E-state index in [1.807, 2.05) is 0 Å². The number of thiophene rings is 1. The van der Waals surface area contributed by atoms with Crippen molar-refractivity contribution in [2.75, 3.05) is 12.4 Å². The van der Waals surface area contributed by atoms with Gasteiger partial charge in [0.15, 0.2) is 10.9 Å². The maximum absolute atomic E-state index is 12.6. The Balaban J connectivity index is 1.79. The summed E-state index contributed by atoms with van der Waals surface area (Å²) in [5.74, 6) is -0.210. The Morgan fingerprint density at radius 1 is 1.25 bits per heavy atom. The molecule has 1 aliphatic rings. The lowest BCUT2D eigenvalue weighted by Gasteiger charge is -2.33. The number of halogens is 2. The van der Waals surface area contributed by atoms with Crippen molar-refractivity contribution in [3.63, 3.8) is 0 Å². The number of anilines is 1. The van der Waals surface area contributed by atoms with Gasteiger partial charge in [-0.15, -0.1) is 11.3 Å². The maximum atomic E-state index is 12.6. The second-order valence-corrected chi connectivity index (χ2v) is 11.1. The zero-order valence-electron chi connectivity index (χ0n) is 18.2. The molecule has 2 aromatic rings. The van der Waals surface area contributed by atoms with Crippen LogP contribution >= 0.6 is 46.8 Å². The predicted octanol–water partition coefficient (Wildman–Crippen LogP) is 5.44. The molecular weight excluding hydrogens is 489 g/mol. The van der Waals surface area contributed by atoms with Crippen LogP contribution in [0.15, 0.2) is 12.1 Å². The Kier molecular flexibility index (Phi) is 7.39. The van der Waals surface area contributed by atoms with Crippen LogP contribution in [-0.2, 0) is 12.8 Å². The fourth-order valence-corrected chi connectivity index (χ4v) is 6.11. The zero-order chi connectivity index (χ0) is 23.8. The Hall–Kier alpha value is -1.87. The van der Waals surface area contributed by atoms with E-state index < -0.39 is 11.8 Å². The van der Waals surface area contributed by atoms with Gasteiger partial charge in [0.2, 0.25) is 0 Å². The number of methoxy groups -OCH3 is 1. The smallest absolute Gasteiger partial charge is 0.257 e. The van der Waals surface area contributed by atoms with Crippen molar-refractivity contribution in [3.8, 4) is 5.75 Å². The number of carbonyl (C=O) groups excluding carboxylic acids is 2. The number of rotatable bonds is 4. The number of fused-ring (bicyclic) bond motifs is 1. The Morgan fingerprint density at radius 2 is 1.88 bits per heavy atom. The van der Waals surface area contributed by atoms with Crippen molar-refractivity contribution < 1.29 is 14.3 Å². The molecule has 172 valence electrons. The van der Waals surface area contributed by atoms with Gasteiger partial charge in [-0.1, -0.05) is 44.0 Å². The van der Waals surface area contributed by atoms with E-state index in [0.717, 1.165) is 29.7 Å². The molecular formula is C22H25Cl2N3O3S2. The summed E-state index contributed by atoms with van der Waals surface area (Å²) in [6.07, 6.45) is 2.66. The normalized spacial score (nSPS) is 15.6. The Bertz CT molecular complexity index is 1070. The van der Waals surface area contributed by atoms with Gasteiger partial charge in [-0.3, -0.25) is 14.9 Å². The van der Waals surface area contributed by atoms with E-state index in [1.165, 1.54) is 30.6 Å². The molecule has 0 spiro atoms. The summed E-state index contributed by atoms with van der Waals surface area (Å²) < 4.78 is 5.10. The number of carbonyl (C=O) groups is 2. The number of hydrogen-bond donors (Lipinski definition) is 3. The van der Waals surface area contributed by atoms with Crippen LogP contribution in [0.4, 0.5) is 5.00 Å². The van der Waals surface area contributed by atoms with Gasteiger partial charge in [-0.05, 0) is 60.5 Å². The van der Waals surface area contributed by atoms with E-state index in [4.69, 9.17) is 45.9 Å². The third-order valence-corrected chi connectivity index (χ3v) is 7.59. The molecule has 0 saturated carbocycles. The van der Waals surface area contributed by atoms with Crippen molar-refractivity contribution in [2.24, 2.45) is 17.1 Å². The second kappa shape index (κ2) is 9.55. The minimum absolute atomic E-state index is 0.0477. The molecule has 0 fully saturated rings. The summed E-state index contributed by atoms with van der Waals surface area (Å²) in [4.78, 5) is 26.0. The zero-order valence-corrected chi connectivity index (χ0v) is 21.4. The van der Waals surface area contributed by atoms with E-state index in [2.05, 4.69) is 31.4 Å². The van der Waals surface area contributed by atoms with Crippen molar-refractivity contribution in [3.05, 3.63) is 43.7 Å². The quantitative estimate of drug-likeness (QED) is 0.473. The van der Waals surface area contributed by atoms with Crippen molar-refractivity contribution in [1.29, 1.82) is 0 Å². The van der Waals surface area contributed by atoms with Gasteiger partial charge >= 0.3 is 0 Å². The van der Waals surface area contributed by atoms with Gasteiger partial charge in [-0.25, -0.2) is 0 Å². The number of primary amides is 1. The minimum atomic E-state index is -0.512. The molecule has 32 heavy (non-hydrogen) atoms. The second-order valence-electron chi connectivity index (χ2n) is 8.76. The van der Waals surface area contributed by atoms with Crippen LogP contribution in [0.1, 0.15) is 58.3 Å². The van der Waals surface area contributed by atoms with Crippen LogP contribution in [0.3, 0.4) is 0 Å². The molecule has 3 rings (SSSR count). The highest BCUT2D eigenvalue weighted by Crippen LogP contribution is 2.44. The largest absolute Gasteiger partial charge is 0.494 e. The standard InChI is InChI=1S/C22H25Cl2N3O3S2/c1-22(2,3)11-5-6-12-15(9-11)32-20(16(12)18(25)28)27-21(31)26-19(29)10-7-13(23)17(30-4)14(24)8-10/h7-8,11H,5-6,9H2,1-4H3,(H2,25,28)(H2,26,27,29,31)/t11-/m1/s1. The molecule has 1 aliphatic carbocycles. The number of benzene rings is 1. The summed E-state index contributed by atoms with van der Waals surface area (Å²) >= 11 is 19.0. The molecule has 1 atom stereocenters. The van der Waals surface area contributed by atoms with Gasteiger partial charge in [0.1, 0.15) is 5.00 Å². The Morgan fingerprint density at radius 3 is 2.41 bits per heavy atom. The summed E-state index contributed by atoms with van der Waals surface area (Å²) in [5.41, 5.74) is 7.51. The third kappa shape index (κ3) is 5.20. The van der Waals surface area contributed by atoms with E-state index in [0.29, 0.717) is 16.5 Å². The van der Waals surface area contributed by atoms with Crippen LogP contribution in [0, 0.1) is 11.3 Å². The van der Waals surface area contributed by atoms with E-state index >= 15 is 0 Å². The van der Waals surface area contributed by atoms with Crippen molar-refractivity contribution >= 4 is 68.7 Å². The molecule has 1 aromatic carbocycles. The van der Waals surface area contributed by atoms with Crippen molar-refractivity contribution in [1.82, 2.24) is 5.32 Å². The highest BCUT2D eigenvalue weighted by molar-refractivity contribution is 7.80. The minimum Gasteiger partial charge on any atom is -0.494 e. The number of nitrogens with two attached hydrogens (primary N) is 1. The first-order chi connectivity index (χ1) is 14.9. The molecule has 0 aliphatic heterocycles. The van der Waals surface area contributed by atoms with Gasteiger partial charge in [0, 0.05) is 10.4 Å². The molecule has 1 heterocycles. The number of nitrogens with one attached hydrogen (secondary N) is 2. The van der Waals surface area contributed by atoms with E-state index in [9.17, 15) is 9.59 Å². The topological polar surface area (TPSA) is 93.4 Å². The van der Waals surface area contributed by atoms with E-state index in [1.54, 1.807) is 0 Å². The average Bonchev–Trinajstić information content (AvgIpc) is 3.03. The third-order valence-electron chi connectivity index (χ3n) is 5.66. The number of ether oxygens (including phenoxy) is 1. The molecule has 0 unspecified atom stereocenters. The number of hydrogen-bond acceptors (Lipinski definition) is 5. The molecule has 6 nitrogen and oxygen atoms in total. The molecule has 2 amide bonds. The first-order valence-corrected chi connectivity index (χ1v) is 12.0. The Labute approximate surface area is 206 Å². The SMILES string of the molecule is COc1c(Cl)cc(C(=O)NC(=S)Nc2sc3c(c2C(N)=O)CC[C@@H](C(C)(C)C)C3)cc1Cl. The van der Waals surface area contributed by atoms with Crippen molar-refractivity contribution in [2.45, 2.75) is 40.0 Å². The van der Waals surface area contributed by atoms with Gasteiger partial charge in [0.05, 0.1) is 22.7 Å². The van der Waals surface area contributed by atoms with Crippen LogP contribution < -0.4 is 21.1 Å². The monoisotopic (exact) mass is 513 g/mol. The predicted molar refractivity (Wildman–Crippen MR) is 135 cm³/mol. The fraction of sp³-hybridized carbons (Fsp3) is 0.409. The lowest BCUT2D eigenvalue weighted by molar-refractivity contribution is 0.0975. The fourth-order valence-electron chi connectivity index (χ4n) is 3.87. The van der Waals surface area contributed by atoms with Crippen LogP contribution in [0.2, 0.25) is 10.0 Å². The summed E-state index contributed by atoms with van der Waals surface area (Å²) in [5, 5.41) is 6.59. The molecule has 0 bridgehead atoms. The molecule has 0 saturated heterocycles. The first-order valence-electron chi connectivity index (χ1n) is 10.0. The lowest BCUT2D eigenvalue weighted by atomic mass is 9.72.